The Hall–Kier alpha value is -0.0800. The van der Waals surface area contributed by atoms with Gasteiger partial charge >= 0.3 is 0 Å². The lowest BCUT2D eigenvalue weighted by atomic mass is 9.80. The van der Waals surface area contributed by atoms with Gasteiger partial charge < -0.3 is 5.73 Å². The fraction of sp³-hybridized carbons (Fsp3) is 1.00. The van der Waals surface area contributed by atoms with Crippen LogP contribution in [0, 0.1) is 11.8 Å². The van der Waals surface area contributed by atoms with Gasteiger partial charge in [0.2, 0.25) is 0 Å². The van der Waals surface area contributed by atoms with Crippen LogP contribution in [0.15, 0.2) is 0 Å². The Morgan fingerprint density at radius 1 is 1.35 bits per heavy atom. The summed E-state index contributed by atoms with van der Waals surface area (Å²) >= 11 is 0. The second kappa shape index (κ2) is 6.75. The highest BCUT2D eigenvalue weighted by Crippen LogP contribution is 2.32. The minimum Gasteiger partial charge on any atom is -0.329 e. The number of likely N-dealkylation sites (N-methyl/N-ethyl adjacent to an activating group) is 1. The Morgan fingerprint density at radius 2 is 2.00 bits per heavy atom. The van der Waals surface area contributed by atoms with Crippen molar-refractivity contribution in [2.75, 3.05) is 20.1 Å². The molecule has 2 unspecified atom stereocenters. The topological polar surface area (TPSA) is 29.3 Å². The zero-order chi connectivity index (χ0) is 12.9. The predicted octanol–water partition coefficient (Wildman–Crippen LogP) is 3.26. The molecule has 0 aromatic carbocycles. The number of hydrogen-bond donors (Lipinski definition) is 1. The Bertz CT molecular complexity index is 207. The van der Waals surface area contributed by atoms with Gasteiger partial charge in [0.1, 0.15) is 0 Å². The second-order valence-corrected chi connectivity index (χ2v) is 6.18. The molecule has 1 aliphatic carbocycles. The lowest BCUT2D eigenvalue weighted by molar-refractivity contribution is 0.0612. The van der Waals surface area contributed by atoms with Crippen LogP contribution in [-0.2, 0) is 0 Å². The van der Waals surface area contributed by atoms with Gasteiger partial charge in [0.25, 0.3) is 0 Å². The minimum absolute atomic E-state index is 0.241. The van der Waals surface area contributed by atoms with E-state index in [1.54, 1.807) is 0 Å². The van der Waals surface area contributed by atoms with Crippen LogP contribution < -0.4 is 5.73 Å². The third kappa shape index (κ3) is 3.69. The molecule has 2 nitrogen and oxygen atoms in total. The van der Waals surface area contributed by atoms with Crippen molar-refractivity contribution in [3.8, 4) is 0 Å². The van der Waals surface area contributed by atoms with E-state index in [-0.39, 0.29) is 5.54 Å². The van der Waals surface area contributed by atoms with Crippen LogP contribution >= 0.6 is 0 Å². The van der Waals surface area contributed by atoms with E-state index in [0.29, 0.717) is 0 Å². The quantitative estimate of drug-likeness (QED) is 0.705. The fourth-order valence-corrected chi connectivity index (χ4v) is 3.00. The van der Waals surface area contributed by atoms with Crippen LogP contribution in [0.1, 0.15) is 59.3 Å². The van der Waals surface area contributed by atoms with Crippen molar-refractivity contribution in [1.29, 1.82) is 0 Å². The fourth-order valence-electron chi connectivity index (χ4n) is 3.00. The molecule has 2 heteroatoms. The van der Waals surface area contributed by atoms with Gasteiger partial charge in [0.05, 0.1) is 0 Å². The normalized spacial score (nSPS) is 22.2. The molecule has 1 saturated carbocycles. The summed E-state index contributed by atoms with van der Waals surface area (Å²) in [5, 5.41) is 0. The van der Waals surface area contributed by atoms with Gasteiger partial charge in [-0.15, -0.1) is 0 Å². The van der Waals surface area contributed by atoms with E-state index in [9.17, 15) is 0 Å². The molecule has 0 bridgehead atoms. The summed E-state index contributed by atoms with van der Waals surface area (Å²) in [5.74, 6) is 1.72. The van der Waals surface area contributed by atoms with Gasteiger partial charge in [-0.25, -0.2) is 0 Å². The van der Waals surface area contributed by atoms with Gasteiger partial charge in [0.15, 0.2) is 0 Å². The highest BCUT2D eigenvalue weighted by Gasteiger charge is 2.34. The second-order valence-electron chi connectivity index (χ2n) is 6.18. The highest BCUT2D eigenvalue weighted by molar-refractivity contribution is 4.92. The van der Waals surface area contributed by atoms with E-state index in [2.05, 4.69) is 32.7 Å². The molecule has 0 amide bonds. The zero-order valence-electron chi connectivity index (χ0n) is 12.3. The average Bonchev–Trinajstić information content (AvgIpc) is 2.30. The first-order chi connectivity index (χ1) is 8.07. The highest BCUT2D eigenvalue weighted by atomic mass is 15.2. The summed E-state index contributed by atoms with van der Waals surface area (Å²) in [7, 11) is 2.29. The number of nitrogens with zero attached hydrogens (tertiary/aromatic N) is 1. The molecule has 0 aliphatic heterocycles. The molecule has 2 atom stereocenters. The average molecular weight is 240 g/mol. The van der Waals surface area contributed by atoms with Gasteiger partial charge in [0, 0.05) is 18.6 Å². The summed E-state index contributed by atoms with van der Waals surface area (Å²) in [6.45, 7) is 9.00. The molecular weight excluding hydrogens is 208 g/mol. The predicted molar refractivity (Wildman–Crippen MR) is 76.1 cm³/mol. The third-order valence-corrected chi connectivity index (χ3v) is 5.03. The van der Waals surface area contributed by atoms with Crippen molar-refractivity contribution in [3.05, 3.63) is 0 Å². The summed E-state index contributed by atoms with van der Waals surface area (Å²) in [6, 6.07) is 0. The molecule has 0 aromatic rings. The van der Waals surface area contributed by atoms with Crippen molar-refractivity contribution in [3.63, 3.8) is 0 Å². The molecule has 0 spiro atoms. The van der Waals surface area contributed by atoms with E-state index in [4.69, 9.17) is 5.73 Å². The number of nitrogens with two attached hydrogens (primary N) is 1. The molecule has 17 heavy (non-hydrogen) atoms. The molecule has 1 rings (SSSR count). The van der Waals surface area contributed by atoms with Gasteiger partial charge in [-0.1, -0.05) is 33.6 Å². The summed E-state index contributed by atoms with van der Waals surface area (Å²) in [6.07, 6.45) is 7.98. The maximum absolute atomic E-state index is 6.12. The smallest absolute Gasteiger partial charge is 0.0328 e. The van der Waals surface area contributed by atoms with Gasteiger partial charge in [-0.05, 0) is 44.6 Å². The SMILES string of the molecule is CCC(C)CC(CC)(CN)N(C)CC1CCC1. The first-order valence-corrected chi connectivity index (χ1v) is 7.49. The van der Waals surface area contributed by atoms with Crippen molar-refractivity contribution < 1.29 is 0 Å². The molecule has 1 aliphatic rings. The van der Waals surface area contributed by atoms with Crippen molar-refractivity contribution in [2.24, 2.45) is 17.6 Å². The lowest BCUT2D eigenvalue weighted by Crippen LogP contribution is -2.54. The molecule has 1 fully saturated rings. The van der Waals surface area contributed by atoms with E-state index in [1.165, 1.54) is 45.1 Å². The molecule has 0 saturated heterocycles. The van der Waals surface area contributed by atoms with Crippen LogP contribution in [0.4, 0.5) is 0 Å². The maximum Gasteiger partial charge on any atom is 0.0328 e. The van der Waals surface area contributed by atoms with E-state index < -0.39 is 0 Å². The first-order valence-electron chi connectivity index (χ1n) is 7.49. The standard InChI is InChI=1S/C15H32N2/c1-5-13(3)10-15(6-2,12-16)17(4)11-14-8-7-9-14/h13-14H,5-12,16H2,1-4H3. The van der Waals surface area contributed by atoms with Crippen LogP contribution in [0.5, 0.6) is 0 Å². The molecule has 0 aromatic heterocycles. The molecule has 102 valence electrons. The van der Waals surface area contributed by atoms with Crippen LogP contribution in [0.3, 0.4) is 0 Å². The molecule has 2 N–H and O–H groups in total. The Labute approximate surface area is 108 Å². The largest absolute Gasteiger partial charge is 0.329 e. The zero-order valence-corrected chi connectivity index (χ0v) is 12.3. The molecule has 0 radical (unpaired) electrons. The van der Waals surface area contributed by atoms with Crippen LogP contribution in [-0.4, -0.2) is 30.6 Å². The Balaban J connectivity index is 2.59. The first kappa shape index (κ1) is 15.0. The van der Waals surface area contributed by atoms with Gasteiger partial charge in [-0.3, -0.25) is 4.90 Å². The van der Waals surface area contributed by atoms with Crippen LogP contribution in [0.2, 0.25) is 0 Å². The van der Waals surface area contributed by atoms with E-state index in [0.717, 1.165) is 18.4 Å². The molecule has 0 heterocycles. The monoisotopic (exact) mass is 240 g/mol. The van der Waals surface area contributed by atoms with E-state index >= 15 is 0 Å². The van der Waals surface area contributed by atoms with Crippen LogP contribution in [0.25, 0.3) is 0 Å². The number of hydrogen-bond acceptors (Lipinski definition) is 2. The minimum atomic E-state index is 0.241. The van der Waals surface area contributed by atoms with Crippen molar-refractivity contribution in [2.45, 2.75) is 64.8 Å². The lowest BCUT2D eigenvalue weighted by Gasteiger charge is -2.45. The maximum atomic E-state index is 6.12. The molecular formula is C15H32N2. The summed E-state index contributed by atoms with van der Waals surface area (Å²) in [4.78, 5) is 2.57. The summed E-state index contributed by atoms with van der Waals surface area (Å²) in [5.41, 5.74) is 6.36. The van der Waals surface area contributed by atoms with Crippen molar-refractivity contribution >= 4 is 0 Å². The Kier molecular flexibility index (Phi) is 5.94. The Morgan fingerprint density at radius 3 is 2.35 bits per heavy atom. The van der Waals surface area contributed by atoms with Crippen molar-refractivity contribution in [1.82, 2.24) is 4.90 Å². The van der Waals surface area contributed by atoms with Gasteiger partial charge in [-0.2, -0.15) is 0 Å². The summed E-state index contributed by atoms with van der Waals surface area (Å²) < 4.78 is 0. The third-order valence-electron chi connectivity index (χ3n) is 5.03. The van der Waals surface area contributed by atoms with E-state index in [1.807, 2.05) is 0 Å². The number of rotatable bonds is 8.